The molecular formula is C22H20BrN3O3. The lowest BCUT2D eigenvalue weighted by atomic mass is 9.92. The molecule has 2 N–H and O–H groups in total. The summed E-state index contributed by atoms with van der Waals surface area (Å²) in [6.45, 7) is 1.91. The van der Waals surface area contributed by atoms with Crippen LogP contribution in [0.2, 0.25) is 0 Å². The molecule has 3 rings (SSSR count). The van der Waals surface area contributed by atoms with Crippen molar-refractivity contribution in [3.05, 3.63) is 52.0 Å². The highest BCUT2D eigenvalue weighted by molar-refractivity contribution is 9.10. The SMILES string of the molecule is COc1cc(OC)c(-c2c(C)c(-c3ccc(Br)cc3)nc(N)c2C#N)cc1OC. The first-order chi connectivity index (χ1) is 13.9. The third kappa shape index (κ3) is 3.71. The van der Waals surface area contributed by atoms with Gasteiger partial charge in [0.25, 0.3) is 0 Å². The number of nitrogens with zero attached hydrogens (tertiary/aromatic N) is 2. The molecule has 0 bridgehead atoms. The average molecular weight is 454 g/mol. The van der Waals surface area contributed by atoms with Crippen molar-refractivity contribution in [3.8, 4) is 45.7 Å². The molecule has 29 heavy (non-hydrogen) atoms. The fourth-order valence-corrected chi connectivity index (χ4v) is 3.52. The zero-order valence-corrected chi connectivity index (χ0v) is 18.1. The number of anilines is 1. The Balaban J connectivity index is 2.37. The smallest absolute Gasteiger partial charge is 0.164 e. The van der Waals surface area contributed by atoms with Crippen LogP contribution in [0.3, 0.4) is 0 Å². The summed E-state index contributed by atoms with van der Waals surface area (Å²) in [6.07, 6.45) is 0. The molecule has 1 aromatic heterocycles. The van der Waals surface area contributed by atoms with Crippen molar-refractivity contribution < 1.29 is 14.2 Å². The molecule has 0 unspecified atom stereocenters. The monoisotopic (exact) mass is 453 g/mol. The van der Waals surface area contributed by atoms with Crippen LogP contribution in [0.4, 0.5) is 5.82 Å². The van der Waals surface area contributed by atoms with Crippen molar-refractivity contribution in [2.24, 2.45) is 0 Å². The van der Waals surface area contributed by atoms with Crippen LogP contribution >= 0.6 is 15.9 Å². The first-order valence-electron chi connectivity index (χ1n) is 8.71. The van der Waals surface area contributed by atoms with Crippen molar-refractivity contribution in [2.45, 2.75) is 6.92 Å². The van der Waals surface area contributed by atoms with E-state index in [2.05, 4.69) is 27.0 Å². The average Bonchev–Trinajstić information content (AvgIpc) is 2.74. The van der Waals surface area contributed by atoms with Crippen molar-refractivity contribution in [1.29, 1.82) is 5.26 Å². The minimum atomic E-state index is 0.155. The van der Waals surface area contributed by atoms with Gasteiger partial charge in [0.15, 0.2) is 11.5 Å². The summed E-state index contributed by atoms with van der Waals surface area (Å²) in [7, 11) is 4.67. The van der Waals surface area contributed by atoms with Crippen LogP contribution in [0, 0.1) is 18.3 Å². The molecule has 2 aromatic carbocycles. The van der Waals surface area contributed by atoms with Gasteiger partial charge in [0.05, 0.1) is 27.0 Å². The molecule has 0 saturated heterocycles. The molecule has 0 aliphatic heterocycles. The van der Waals surface area contributed by atoms with Gasteiger partial charge in [-0.25, -0.2) is 4.98 Å². The van der Waals surface area contributed by atoms with E-state index in [0.29, 0.717) is 34.1 Å². The van der Waals surface area contributed by atoms with Gasteiger partial charge in [-0.15, -0.1) is 0 Å². The number of rotatable bonds is 5. The van der Waals surface area contributed by atoms with Crippen LogP contribution in [0.1, 0.15) is 11.1 Å². The van der Waals surface area contributed by atoms with E-state index >= 15 is 0 Å². The molecule has 7 heteroatoms. The Bertz CT molecular complexity index is 1110. The van der Waals surface area contributed by atoms with Crippen LogP contribution in [-0.2, 0) is 0 Å². The fraction of sp³-hybridized carbons (Fsp3) is 0.182. The van der Waals surface area contributed by atoms with Gasteiger partial charge < -0.3 is 19.9 Å². The molecule has 0 aliphatic rings. The predicted molar refractivity (Wildman–Crippen MR) is 116 cm³/mol. The molecule has 148 valence electrons. The van der Waals surface area contributed by atoms with Gasteiger partial charge in [-0.05, 0) is 30.7 Å². The Labute approximate surface area is 178 Å². The topological polar surface area (TPSA) is 90.4 Å². The number of nitrogens with two attached hydrogens (primary N) is 1. The number of nitrogen functional groups attached to an aromatic ring is 1. The van der Waals surface area contributed by atoms with Crippen LogP contribution in [0.15, 0.2) is 40.9 Å². The maximum Gasteiger partial charge on any atom is 0.164 e. The lowest BCUT2D eigenvalue weighted by Crippen LogP contribution is -2.04. The molecule has 0 aliphatic carbocycles. The quantitative estimate of drug-likeness (QED) is 0.586. The van der Waals surface area contributed by atoms with E-state index in [9.17, 15) is 5.26 Å². The van der Waals surface area contributed by atoms with Gasteiger partial charge in [-0.1, -0.05) is 28.1 Å². The van der Waals surface area contributed by atoms with E-state index in [0.717, 1.165) is 15.6 Å². The molecular weight excluding hydrogens is 434 g/mol. The molecule has 3 aromatic rings. The summed E-state index contributed by atoms with van der Waals surface area (Å²) in [5, 5.41) is 9.80. The van der Waals surface area contributed by atoms with Crippen LogP contribution in [-0.4, -0.2) is 26.3 Å². The van der Waals surface area contributed by atoms with Crippen molar-refractivity contribution in [1.82, 2.24) is 4.98 Å². The summed E-state index contributed by atoms with van der Waals surface area (Å²) < 4.78 is 17.4. The molecule has 6 nitrogen and oxygen atoms in total. The third-order valence-corrected chi connectivity index (χ3v) is 5.20. The van der Waals surface area contributed by atoms with E-state index < -0.39 is 0 Å². The normalized spacial score (nSPS) is 10.3. The molecule has 0 atom stereocenters. The largest absolute Gasteiger partial charge is 0.496 e. The van der Waals surface area contributed by atoms with Gasteiger partial charge in [0.2, 0.25) is 0 Å². The number of aromatic nitrogens is 1. The van der Waals surface area contributed by atoms with Crippen LogP contribution in [0.25, 0.3) is 22.4 Å². The second kappa shape index (κ2) is 8.41. The zero-order chi connectivity index (χ0) is 21.1. The Hall–Kier alpha value is -3.24. The molecule has 0 fully saturated rings. The number of nitriles is 1. The highest BCUT2D eigenvalue weighted by Gasteiger charge is 2.23. The molecule has 0 spiro atoms. The van der Waals surface area contributed by atoms with Crippen molar-refractivity contribution in [2.75, 3.05) is 27.1 Å². The maximum absolute atomic E-state index is 9.80. The van der Waals surface area contributed by atoms with E-state index in [4.69, 9.17) is 19.9 Å². The van der Waals surface area contributed by atoms with Crippen molar-refractivity contribution >= 4 is 21.7 Å². The standard InChI is InChI=1S/C22H20BrN3O3/c1-12-20(15-9-18(28-3)19(29-4)10-17(15)27-2)16(11-24)22(25)26-21(12)13-5-7-14(23)8-6-13/h5-10H,1-4H3,(H2,25,26). The van der Waals surface area contributed by atoms with E-state index in [-0.39, 0.29) is 11.4 Å². The lowest BCUT2D eigenvalue weighted by molar-refractivity contribution is 0.349. The Kier molecular flexibility index (Phi) is 5.95. The first kappa shape index (κ1) is 20.5. The van der Waals surface area contributed by atoms with E-state index in [1.807, 2.05) is 31.2 Å². The number of ether oxygens (including phenoxy) is 3. The lowest BCUT2D eigenvalue weighted by Gasteiger charge is -2.19. The minimum Gasteiger partial charge on any atom is -0.496 e. The van der Waals surface area contributed by atoms with Gasteiger partial charge in [0.1, 0.15) is 23.2 Å². The summed E-state index contributed by atoms with van der Waals surface area (Å²) in [5.41, 5.74) is 10.2. The summed E-state index contributed by atoms with van der Waals surface area (Å²) in [6, 6.07) is 13.5. The second-order valence-electron chi connectivity index (χ2n) is 6.25. The molecule has 0 saturated carbocycles. The number of methoxy groups -OCH3 is 3. The van der Waals surface area contributed by atoms with Gasteiger partial charge in [-0.2, -0.15) is 5.26 Å². The molecule has 1 heterocycles. The van der Waals surface area contributed by atoms with Gasteiger partial charge in [0, 0.05) is 27.2 Å². The summed E-state index contributed by atoms with van der Waals surface area (Å²) in [4.78, 5) is 4.50. The van der Waals surface area contributed by atoms with Crippen LogP contribution < -0.4 is 19.9 Å². The number of pyridine rings is 1. The number of hydrogen-bond acceptors (Lipinski definition) is 6. The minimum absolute atomic E-state index is 0.155. The highest BCUT2D eigenvalue weighted by Crippen LogP contribution is 2.44. The number of hydrogen-bond donors (Lipinski definition) is 1. The maximum atomic E-state index is 9.80. The second-order valence-corrected chi connectivity index (χ2v) is 7.16. The predicted octanol–water partition coefficient (Wildman–Crippen LogP) is 4.97. The summed E-state index contributed by atoms with van der Waals surface area (Å²) >= 11 is 3.44. The fourth-order valence-electron chi connectivity index (χ4n) is 3.26. The first-order valence-corrected chi connectivity index (χ1v) is 9.50. The Morgan fingerprint density at radius 1 is 0.966 bits per heavy atom. The Morgan fingerprint density at radius 2 is 1.55 bits per heavy atom. The van der Waals surface area contributed by atoms with Gasteiger partial charge >= 0.3 is 0 Å². The number of benzene rings is 2. The zero-order valence-electron chi connectivity index (χ0n) is 16.5. The van der Waals surface area contributed by atoms with Crippen LogP contribution in [0.5, 0.6) is 17.2 Å². The van der Waals surface area contributed by atoms with Gasteiger partial charge in [-0.3, -0.25) is 0 Å². The molecule has 0 amide bonds. The van der Waals surface area contributed by atoms with E-state index in [1.54, 1.807) is 33.5 Å². The Morgan fingerprint density at radius 3 is 2.10 bits per heavy atom. The highest BCUT2D eigenvalue weighted by atomic mass is 79.9. The van der Waals surface area contributed by atoms with Crippen molar-refractivity contribution in [3.63, 3.8) is 0 Å². The molecule has 0 radical (unpaired) electrons. The summed E-state index contributed by atoms with van der Waals surface area (Å²) in [5.74, 6) is 1.74. The third-order valence-electron chi connectivity index (χ3n) is 4.67. The number of halogens is 1. The van der Waals surface area contributed by atoms with E-state index in [1.165, 1.54) is 0 Å².